The van der Waals surface area contributed by atoms with E-state index >= 15 is 0 Å². The maximum absolute atomic E-state index is 14.2. The maximum atomic E-state index is 14.2. The van der Waals surface area contributed by atoms with Crippen molar-refractivity contribution in [2.75, 3.05) is 0 Å². The molecule has 5 rings (SSSR count). The molecule has 0 saturated carbocycles. The molecule has 0 aliphatic carbocycles. The van der Waals surface area contributed by atoms with Gasteiger partial charge in [0.15, 0.2) is 0 Å². The first-order chi connectivity index (χ1) is 18.7. The van der Waals surface area contributed by atoms with Gasteiger partial charge in [0.25, 0.3) is 0 Å². The predicted molar refractivity (Wildman–Crippen MR) is 152 cm³/mol. The van der Waals surface area contributed by atoms with Gasteiger partial charge >= 0.3 is 5.97 Å². The van der Waals surface area contributed by atoms with Crippen LogP contribution in [0.5, 0.6) is 0 Å². The van der Waals surface area contributed by atoms with Gasteiger partial charge in [-0.05, 0) is 70.8 Å². The zero-order valence-electron chi connectivity index (χ0n) is 20.6. The highest BCUT2D eigenvalue weighted by Gasteiger charge is 2.30. The van der Waals surface area contributed by atoms with Crippen LogP contribution in [0.1, 0.15) is 32.4 Å². The summed E-state index contributed by atoms with van der Waals surface area (Å²) in [6, 6.07) is 26.2. The number of hydrogen-bond donors (Lipinski definition) is 1. The number of carboxylic acid groups (broad SMARTS) is 1. The molecule has 0 radical (unpaired) electrons. The van der Waals surface area contributed by atoms with E-state index in [0.717, 1.165) is 11.1 Å². The van der Waals surface area contributed by atoms with E-state index in [9.17, 15) is 22.7 Å². The Kier molecular flexibility index (Phi) is 7.12. The number of rotatable bonds is 8. The molecule has 0 fully saturated rings. The second-order valence-corrected chi connectivity index (χ2v) is 11.5. The zero-order chi connectivity index (χ0) is 27.7. The number of carbonyl (C=O) groups is 1. The fourth-order valence-corrected chi connectivity index (χ4v) is 6.73. The van der Waals surface area contributed by atoms with E-state index in [4.69, 9.17) is 11.6 Å². The van der Waals surface area contributed by atoms with Crippen LogP contribution >= 0.6 is 11.6 Å². The fourth-order valence-electron chi connectivity index (χ4n) is 4.69. The largest absolute Gasteiger partial charge is 0.478 e. The summed E-state index contributed by atoms with van der Waals surface area (Å²) in [5, 5.41) is 9.27. The number of hydrogen-bond acceptors (Lipinski definition) is 3. The lowest BCUT2D eigenvalue weighted by molar-refractivity contribution is 0.0697. The van der Waals surface area contributed by atoms with Crippen molar-refractivity contribution >= 4 is 38.5 Å². The van der Waals surface area contributed by atoms with Crippen LogP contribution < -0.4 is 0 Å². The van der Waals surface area contributed by atoms with Gasteiger partial charge in [-0.2, -0.15) is 0 Å². The fraction of sp³-hybridized carbons (Fsp3) is 0.0645. The molecule has 0 spiro atoms. The number of aromatic carboxylic acids is 1. The molecular weight excluding hydrogens is 537 g/mol. The Morgan fingerprint density at radius 1 is 0.949 bits per heavy atom. The number of halogens is 2. The van der Waals surface area contributed by atoms with Crippen LogP contribution in [-0.2, 0) is 16.4 Å². The standard InChI is InChI=1S/C31H23ClFNO4S/c1-2-30(22-12-10-21(11-13-22)24-4-3-5-27(33)18-24)39(37,38)34-28(19-25-17-26(32)14-15-29(25)34)16-20-6-8-23(9-7-20)31(35)36/h2-15,17-19,30H,1,16H2,(H,35,36). The monoisotopic (exact) mass is 559 g/mol. The number of carboxylic acids is 1. The minimum Gasteiger partial charge on any atom is -0.478 e. The average Bonchev–Trinajstić information content (AvgIpc) is 3.27. The van der Waals surface area contributed by atoms with E-state index in [1.165, 1.54) is 34.3 Å². The Hall–Kier alpha value is -4.20. The SMILES string of the molecule is C=CC(c1ccc(-c2cccc(F)c2)cc1)S(=O)(=O)n1c(Cc2ccc(C(=O)O)cc2)cc2cc(Cl)ccc21. The average molecular weight is 560 g/mol. The minimum atomic E-state index is -4.06. The Labute approximate surface area is 230 Å². The summed E-state index contributed by atoms with van der Waals surface area (Å²) in [5.41, 5.74) is 3.82. The predicted octanol–water partition coefficient (Wildman–Crippen LogP) is 7.50. The summed E-state index contributed by atoms with van der Waals surface area (Å²) >= 11 is 6.21. The second-order valence-electron chi connectivity index (χ2n) is 9.12. The number of nitrogens with zero attached hydrogens (tertiary/aromatic N) is 1. The number of aromatic nitrogens is 1. The van der Waals surface area contributed by atoms with E-state index in [1.54, 1.807) is 72.8 Å². The molecule has 5 aromatic rings. The van der Waals surface area contributed by atoms with Crippen LogP contribution in [0.2, 0.25) is 5.02 Å². The Bertz CT molecular complexity index is 1810. The highest BCUT2D eigenvalue weighted by atomic mass is 35.5. The molecule has 1 unspecified atom stereocenters. The van der Waals surface area contributed by atoms with Crippen molar-refractivity contribution in [3.63, 3.8) is 0 Å². The molecule has 1 heterocycles. The van der Waals surface area contributed by atoms with Crippen molar-refractivity contribution in [2.45, 2.75) is 11.7 Å². The maximum Gasteiger partial charge on any atom is 0.335 e. The van der Waals surface area contributed by atoms with Crippen LogP contribution in [0, 0.1) is 5.82 Å². The molecule has 1 atom stereocenters. The van der Waals surface area contributed by atoms with E-state index in [2.05, 4.69) is 6.58 Å². The normalized spacial score (nSPS) is 12.4. The summed E-state index contributed by atoms with van der Waals surface area (Å²) in [6.45, 7) is 3.82. The molecule has 4 aromatic carbocycles. The summed E-state index contributed by atoms with van der Waals surface area (Å²) in [6.07, 6.45) is 1.63. The number of benzene rings is 4. The van der Waals surface area contributed by atoms with Gasteiger partial charge < -0.3 is 5.11 Å². The third-order valence-corrected chi connectivity index (χ3v) is 8.85. The minimum absolute atomic E-state index is 0.145. The van der Waals surface area contributed by atoms with Crippen LogP contribution in [-0.4, -0.2) is 23.5 Å². The zero-order valence-corrected chi connectivity index (χ0v) is 22.2. The van der Waals surface area contributed by atoms with Crippen LogP contribution in [0.15, 0.2) is 110 Å². The first-order valence-corrected chi connectivity index (χ1v) is 13.9. The van der Waals surface area contributed by atoms with Crippen LogP contribution in [0.4, 0.5) is 4.39 Å². The molecule has 1 N–H and O–H groups in total. The smallest absolute Gasteiger partial charge is 0.335 e. The molecule has 0 bridgehead atoms. The van der Waals surface area contributed by atoms with Crippen LogP contribution in [0.25, 0.3) is 22.0 Å². The van der Waals surface area contributed by atoms with Crippen LogP contribution in [0.3, 0.4) is 0 Å². The summed E-state index contributed by atoms with van der Waals surface area (Å²) in [4.78, 5) is 11.2. The van der Waals surface area contributed by atoms with Gasteiger partial charge in [-0.15, -0.1) is 6.58 Å². The number of fused-ring (bicyclic) bond motifs is 1. The Morgan fingerprint density at radius 2 is 1.67 bits per heavy atom. The third kappa shape index (κ3) is 5.24. The van der Waals surface area contributed by atoms with Crippen molar-refractivity contribution in [3.8, 4) is 11.1 Å². The Morgan fingerprint density at radius 3 is 2.31 bits per heavy atom. The highest BCUT2D eigenvalue weighted by molar-refractivity contribution is 7.90. The molecule has 8 heteroatoms. The lowest BCUT2D eigenvalue weighted by atomic mass is 10.0. The molecule has 39 heavy (non-hydrogen) atoms. The first kappa shape index (κ1) is 26.4. The molecule has 1 aromatic heterocycles. The lowest BCUT2D eigenvalue weighted by Crippen LogP contribution is -2.22. The van der Waals surface area contributed by atoms with Gasteiger partial charge in [0.1, 0.15) is 11.1 Å². The van der Waals surface area contributed by atoms with E-state index < -0.39 is 21.2 Å². The van der Waals surface area contributed by atoms with E-state index in [-0.39, 0.29) is 17.8 Å². The summed E-state index contributed by atoms with van der Waals surface area (Å²) in [7, 11) is -4.06. The summed E-state index contributed by atoms with van der Waals surface area (Å²) in [5.74, 6) is -1.39. The van der Waals surface area contributed by atoms with E-state index in [1.807, 2.05) is 0 Å². The molecule has 0 amide bonds. The topological polar surface area (TPSA) is 76.4 Å². The van der Waals surface area contributed by atoms with Crippen molar-refractivity contribution in [1.29, 1.82) is 0 Å². The van der Waals surface area contributed by atoms with Crippen molar-refractivity contribution in [1.82, 2.24) is 3.97 Å². The van der Waals surface area contributed by atoms with Crippen molar-refractivity contribution < 1.29 is 22.7 Å². The van der Waals surface area contributed by atoms with Gasteiger partial charge in [0, 0.05) is 22.5 Å². The molecule has 0 saturated heterocycles. The lowest BCUT2D eigenvalue weighted by Gasteiger charge is -2.19. The van der Waals surface area contributed by atoms with Gasteiger partial charge in [0.05, 0.1) is 11.1 Å². The van der Waals surface area contributed by atoms with Gasteiger partial charge in [0.2, 0.25) is 10.0 Å². The summed E-state index contributed by atoms with van der Waals surface area (Å²) < 4.78 is 43.4. The third-order valence-electron chi connectivity index (χ3n) is 6.56. The second kappa shape index (κ2) is 10.5. The van der Waals surface area contributed by atoms with Crippen molar-refractivity contribution in [2.24, 2.45) is 0 Å². The highest BCUT2D eigenvalue weighted by Crippen LogP contribution is 2.34. The molecule has 5 nitrogen and oxygen atoms in total. The quantitative estimate of drug-likeness (QED) is 0.200. The van der Waals surface area contributed by atoms with Gasteiger partial charge in [-0.1, -0.05) is 66.2 Å². The molecule has 0 aliphatic heterocycles. The molecule has 196 valence electrons. The molecular formula is C31H23ClFNO4S. The first-order valence-electron chi connectivity index (χ1n) is 12.0. The molecule has 0 aliphatic rings. The Balaban J connectivity index is 1.57. The van der Waals surface area contributed by atoms with Gasteiger partial charge in [-0.3, -0.25) is 0 Å². The van der Waals surface area contributed by atoms with Crippen molar-refractivity contribution in [3.05, 3.63) is 143 Å². The van der Waals surface area contributed by atoms with Gasteiger partial charge in [-0.25, -0.2) is 21.6 Å². The van der Waals surface area contributed by atoms with E-state index in [0.29, 0.717) is 32.7 Å².